The highest BCUT2D eigenvalue weighted by Crippen LogP contribution is 2.13. The number of amides is 1. The van der Waals surface area contributed by atoms with E-state index in [0.717, 1.165) is 0 Å². The van der Waals surface area contributed by atoms with Crippen LogP contribution in [0, 0.1) is 10.1 Å². The molecular weight excluding hydrogens is 264 g/mol. The Morgan fingerprint density at radius 3 is 2.75 bits per heavy atom. The molecule has 1 aromatic carbocycles. The molecule has 1 rings (SSSR count). The number of hydrogen-bond acceptors (Lipinski definition) is 5. The second kappa shape index (κ2) is 7.03. The van der Waals surface area contributed by atoms with E-state index in [1.807, 2.05) is 0 Å². The van der Waals surface area contributed by atoms with Crippen LogP contribution in [0.4, 0.5) is 5.69 Å². The van der Waals surface area contributed by atoms with E-state index in [1.54, 1.807) is 6.07 Å². The van der Waals surface area contributed by atoms with Crippen LogP contribution in [0.15, 0.2) is 30.3 Å². The molecule has 1 aromatic rings. The summed E-state index contributed by atoms with van der Waals surface area (Å²) in [5.41, 5.74) is 0.454. The van der Waals surface area contributed by atoms with Crippen molar-refractivity contribution in [2.45, 2.75) is 13.0 Å². The van der Waals surface area contributed by atoms with Crippen molar-refractivity contribution in [1.82, 2.24) is 5.32 Å². The van der Waals surface area contributed by atoms with Crippen LogP contribution in [-0.4, -0.2) is 30.0 Å². The third kappa shape index (κ3) is 4.52. The van der Waals surface area contributed by atoms with Crippen LogP contribution >= 0.6 is 0 Å². The lowest BCUT2D eigenvalue weighted by Crippen LogP contribution is -2.38. The van der Waals surface area contributed by atoms with E-state index in [4.69, 9.17) is 0 Å². The minimum absolute atomic E-state index is 0.0597. The van der Waals surface area contributed by atoms with E-state index >= 15 is 0 Å². The van der Waals surface area contributed by atoms with Crippen LogP contribution in [0.2, 0.25) is 0 Å². The number of methoxy groups -OCH3 is 1. The number of nitro groups is 1. The van der Waals surface area contributed by atoms with E-state index in [9.17, 15) is 19.7 Å². The molecule has 1 atom stereocenters. The zero-order valence-electron chi connectivity index (χ0n) is 11.0. The third-order valence-electron chi connectivity index (χ3n) is 2.42. The first-order chi connectivity index (χ1) is 9.43. The van der Waals surface area contributed by atoms with Gasteiger partial charge in [-0.15, -0.1) is 0 Å². The number of rotatable bonds is 5. The third-order valence-corrected chi connectivity index (χ3v) is 2.42. The lowest BCUT2D eigenvalue weighted by atomic mass is 10.2. The number of carbonyl (C=O) groups is 2. The van der Waals surface area contributed by atoms with Gasteiger partial charge in [-0.05, 0) is 18.6 Å². The molecule has 7 nitrogen and oxygen atoms in total. The molecule has 1 unspecified atom stereocenters. The predicted octanol–water partition coefficient (Wildman–Crippen LogP) is 1.29. The van der Waals surface area contributed by atoms with Crippen LogP contribution in [0.25, 0.3) is 6.08 Å². The lowest BCUT2D eigenvalue weighted by Gasteiger charge is -2.09. The first-order valence-corrected chi connectivity index (χ1v) is 5.75. The van der Waals surface area contributed by atoms with E-state index in [2.05, 4.69) is 10.1 Å². The highest BCUT2D eigenvalue weighted by Gasteiger charge is 2.13. The summed E-state index contributed by atoms with van der Waals surface area (Å²) >= 11 is 0. The van der Waals surface area contributed by atoms with Crippen molar-refractivity contribution >= 4 is 23.6 Å². The number of ether oxygens (including phenoxy) is 1. The first-order valence-electron chi connectivity index (χ1n) is 5.75. The maximum atomic E-state index is 11.5. The maximum absolute atomic E-state index is 11.5. The molecule has 106 valence electrons. The number of non-ortho nitro benzene ring substituents is 1. The van der Waals surface area contributed by atoms with E-state index < -0.39 is 22.8 Å². The minimum atomic E-state index is -0.762. The summed E-state index contributed by atoms with van der Waals surface area (Å²) in [5.74, 6) is -1.04. The fourth-order valence-corrected chi connectivity index (χ4v) is 1.41. The Morgan fingerprint density at radius 1 is 1.45 bits per heavy atom. The number of nitrogens with one attached hydrogen (secondary N) is 1. The molecule has 7 heteroatoms. The largest absolute Gasteiger partial charge is 0.467 e. The maximum Gasteiger partial charge on any atom is 0.328 e. The average Bonchev–Trinajstić information content (AvgIpc) is 2.44. The highest BCUT2D eigenvalue weighted by molar-refractivity contribution is 5.94. The van der Waals surface area contributed by atoms with Crippen LogP contribution in [0.5, 0.6) is 0 Å². The van der Waals surface area contributed by atoms with Crippen LogP contribution in [0.3, 0.4) is 0 Å². The van der Waals surface area contributed by atoms with Crippen molar-refractivity contribution in [3.05, 3.63) is 46.0 Å². The van der Waals surface area contributed by atoms with Gasteiger partial charge in [0.05, 0.1) is 12.0 Å². The molecule has 1 N–H and O–H groups in total. The molecule has 0 heterocycles. The Labute approximate surface area is 115 Å². The lowest BCUT2D eigenvalue weighted by molar-refractivity contribution is -0.384. The van der Waals surface area contributed by atoms with Crippen LogP contribution in [0.1, 0.15) is 12.5 Å². The van der Waals surface area contributed by atoms with Gasteiger partial charge in [-0.25, -0.2) is 4.79 Å². The van der Waals surface area contributed by atoms with Crippen LogP contribution in [-0.2, 0) is 14.3 Å². The molecule has 0 radical (unpaired) electrons. The van der Waals surface area contributed by atoms with E-state index in [1.165, 1.54) is 44.4 Å². The van der Waals surface area contributed by atoms with Crippen molar-refractivity contribution in [2.24, 2.45) is 0 Å². The van der Waals surface area contributed by atoms with Crippen molar-refractivity contribution in [3.63, 3.8) is 0 Å². The molecule has 0 fully saturated rings. The van der Waals surface area contributed by atoms with Gasteiger partial charge in [-0.2, -0.15) is 0 Å². The first kappa shape index (κ1) is 15.4. The van der Waals surface area contributed by atoms with Gasteiger partial charge in [-0.3, -0.25) is 14.9 Å². The fourth-order valence-electron chi connectivity index (χ4n) is 1.41. The molecule has 0 aliphatic carbocycles. The molecule has 20 heavy (non-hydrogen) atoms. The number of nitro benzene ring substituents is 1. The van der Waals surface area contributed by atoms with Gasteiger partial charge < -0.3 is 10.1 Å². The Balaban J connectivity index is 2.68. The molecular formula is C13H14N2O5. The Bertz CT molecular complexity index is 553. The van der Waals surface area contributed by atoms with Gasteiger partial charge in [0, 0.05) is 18.2 Å². The highest BCUT2D eigenvalue weighted by atomic mass is 16.6. The summed E-state index contributed by atoms with van der Waals surface area (Å²) in [5, 5.41) is 13.0. The second-order valence-corrected chi connectivity index (χ2v) is 3.94. The van der Waals surface area contributed by atoms with E-state index in [0.29, 0.717) is 5.56 Å². The summed E-state index contributed by atoms with van der Waals surface area (Å²) in [6.45, 7) is 1.49. The Hall–Kier alpha value is -2.70. The van der Waals surface area contributed by atoms with Gasteiger partial charge in [0.1, 0.15) is 6.04 Å². The topological polar surface area (TPSA) is 98.5 Å². The molecule has 0 spiro atoms. The summed E-state index contributed by atoms with van der Waals surface area (Å²) in [6.07, 6.45) is 2.62. The van der Waals surface area contributed by atoms with Gasteiger partial charge in [0.25, 0.3) is 5.69 Å². The number of esters is 1. The quantitative estimate of drug-likeness (QED) is 0.378. The summed E-state index contributed by atoms with van der Waals surface area (Å²) in [7, 11) is 1.23. The van der Waals surface area contributed by atoms with Gasteiger partial charge in [-0.1, -0.05) is 12.1 Å². The summed E-state index contributed by atoms with van der Waals surface area (Å²) in [4.78, 5) is 32.7. The Morgan fingerprint density at radius 2 is 2.15 bits per heavy atom. The fraction of sp³-hybridized carbons (Fsp3) is 0.231. The monoisotopic (exact) mass is 278 g/mol. The standard InChI is InChI=1S/C13H14N2O5/c1-9(13(17)20-2)14-12(16)7-6-10-4-3-5-11(8-10)15(18)19/h3-9H,1-2H3,(H,14,16)/b7-6+. The number of carbonyl (C=O) groups excluding carboxylic acids is 2. The SMILES string of the molecule is COC(=O)C(C)NC(=O)/C=C/c1cccc([N+](=O)[O-])c1. The second-order valence-electron chi connectivity index (χ2n) is 3.94. The normalized spacial score (nSPS) is 11.9. The molecule has 0 saturated carbocycles. The van der Waals surface area contributed by atoms with Gasteiger partial charge >= 0.3 is 5.97 Å². The molecule has 1 amide bonds. The summed E-state index contributed by atoms with van der Waals surface area (Å²) in [6, 6.07) is 5.08. The molecule has 0 saturated heterocycles. The minimum Gasteiger partial charge on any atom is -0.467 e. The smallest absolute Gasteiger partial charge is 0.328 e. The number of benzene rings is 1. The molecule has 0 aromatic heterocycles. The summed E-state index contributed by atoms with van der Waals surface area (Å²) < 4.78 is 4.47. The van der Waals surface area contributed by atoms with Crippen molar-refractivity contribution in [3.8, 4) is 0 Å². The van der Waals surface area contributed by atoms with Gasteiger partial charge in [0.15, 0.2) is 0 Å². The number of hydrogen-bond donors (Lipinski definition) is 1. The zero-order chi connectivity index (χ0) is 15.1. The van der Waals surface area contributed by atoms with Gasteiger partial charge in [0.2, 0.25) is 5.91 Å². The number of nitrogens with zero attached hydrogens (tertiary/aromatic N) is 1. The molecule has 0 aliphatic rings. The van der Waals surface area contributed by atoms with Crippen LogP contribution < -0.4 is 5.32 Å². The zero-order valence-corrected chi connectivity index (χ0v) is 11.0. The van der Waals surface area contributed by atoms with E-state index in [-0.39, 0.29) is 5.69 Å². The van der Waals surface area contributed by atoms with Crippen molar-refractivity contribution in [2.75, 3.05) is 7.11 Å². The predicted molar refractivity (Wildman–Crippen MR) is 71.8 cm³/mol. The average molecular weight is 278 g/mol. The van der Waals surface area contributed by atoms with Crippen molar-refractivity contribution in [1.29, 1.82) is 0 Å². The molecule has 0 bridgehead atoms. The van der Waals surface area contributed by atoms with Crippen molar-refractivity contribution < 1.29 is 19.2 Å². The molecule has 0 aliphatic heterocycles. The Kier molecular flexibility index (Phi) is 5.40.